The normalized spacial score (nSPS) is 14.9. The van der Waals surface area contributed by atoms with Crippen molar-refractivity contribution in [2.24, 2.45) is 5.41 Å². The van der Waals surface area contributed by atoms with Crippen LogP contribution in [-0.2, 0) is 4.79 Å². The molecule has 3 aromatic heterocycles. The maximum absolute atomic E-state index is 12.5. The van der Waals surface area contributed by atoms with E-state index in [1.165, 1.54) is 6.20 Å². The monoisotopic (exact) mass is 415 g/mol. The highest BCUT2D eigenvalue weighted by molar-refractivity contribution is 5.89. The standard InChI is InChI=1S/C23H21N5O3/c1-14-3-2-4-20(27-14)21-18(10-26-28-21)15-5-6-19-16(7-15)8-17(9-25-19)31-22(30)23(13-29)11-24-12-23/h2-10,24,29H,11-13H2,1H3,(H,26,28). The van der Waals surface area contributed by atoms with Gasteiger partial charge in [0, 0.05) is 29.7 Å². The van der Waals surface area contributed by atoms with Crippen LogP contribution in [0.1, 0.15) is 5.69 Å². The van der Waals surface area contributed by atoms with E-state index < -0.39 is 11.4 Å². The number of aliphatic hydroxyl groups is 1. The number of H-pyrrole nitrogens is 1. The number of ether oxygens (including phenoxy) is 1. The zero-order valence-corrected chi connectivity index (χ0v) is 16.9. The lowest BCUT2D eigenvalue weighted by molar-refractivity contribution is -0.152. The van der Waals surface area contributed by atoms with Crippen LogP contribution in [0.4, 0.5) is 0 Å². The van der Waals surface area contributed by atoms with E-state index in [0.717, 1.165) is 39.1 Å². The highest BCUT2D eigenvalue weighted by atomic mass is 16.5. The minimum absolute atomic E-state index is 0.250. The number of esters is 1. The molecule has 8 heteroatoms. The predicted molar refractivity (Wildman–Crippen MR) is 115 cm³/mol. The number of aromatic amines is 1. The molecule has 0 atom stereocenters. The number of pyridine rings is 2. The van der Waals surface area contributed by atoms with Gasteiger partial charge in [-0.25, -0.2) is 0 Å². The van der Waals surface area contributed by atoms with Crippen molar-refractivity contribution in [1.82, 2.24) is 25.5 Å². The molecule has 5 rings (SSSR count). The number of hydrogen-bond acceptors (Lipinski definition) is 7. The Morgan fingerprint density at radius 3 is 2.81 bits per heavy atom. The van der Waals surface area contributed by atoms with Crippen molar-refractivity contribution in [3.05, 3.63) is 60.6 Å². The Balaban J connectivity index is 1.48. The van der Waals surface area contributed by atoms with Gasteiger partial charge < -0.3 is 15.2 Å². The second-order valence-corrected chi connectivity index (χ2v) is 7.83. The van der Waals surface area contributed by atoms with E-state index in [2.05, 4.69) is 25.5 Å². The maximum atomic E-state index is 12.5. The fourth-order valence-electron chi connectivity index (χ4n) is 3.68. The summed E-state index contributed by atoms with van der Waals surface area (Å²) in [4.78, 5) is 21.5. The summed E-state index contributed by atoms with van der Waals surface area (Å²) in [6.07, 6.45) is 3.30. The van der Waals surface area contributed by atoms with E-state index in [4.69, 9.17) is 4.74 Å². The summed E-state index contributed by atoms with van der Waals surface area (Å²) in [5, 5.41) is 20.7. The fraction of sp³-hybridized carbons (Fsp3) is 0.217. The molecule has 4 aromatic rings. The van der Waals surface area contributed by atoms with Crippen LogP contribution in [0.3, 0.4) is 0 Å². The van der Waals surface area contributed by atoms with Crippen molar-refractivity contribution < 1.29 is 14.6 Å². The third-order valence-electron chi connectivity index (χ3n) is 5.62. The molecule has 1 saturated heterocycles. The Bertz CT molecular complexity index is 1270. The van der Waals surface area contributed by atoms with Gasteiger partial charge in [0.2, 0.25) is 0 Å². The molecule has 4 heterocycles. The van der Waals surface area contributed by atoms with Gasteiger partial charge in [-0.3, -0.25) is 19.9 Å². The molecule has 31 heavy (non-hydrogen) atoms. The molecule has 1 aliphatic heterocycles. The van der Waals surface area contributed by atoms with Crippen LogP contribution in [-0.4, -0.2) is 50.9 Å². The van der Waals surface area contributed by atoms with E-state index in [1.54, 1.807) is 12.3 Å². The van der Waals surface area contributed by atoms with E-state index in [9.17, 15) is 9.90 Å². The van der Waals surface area contributed by atoms with E-state index >= 15 is 0 Å². The zero-order chi connectivity index (χ0) is 21.4. The molecule has 1 aliphatic rings. The summed E-state index contributed by atoms with van der Waals surface area (Å²) in [6, 6.07) is 13.5. The van der Waals surface area contributed by atoms with Crippen LogP contribution < -0.4 is 10.1 Å². The summed E-state index contributed by atoms with van der Waals surface area (Å²) < 4.78 is 5.53. The molecule has 8 nitrogen and oxygen atoms in total. The third kappa shape index (κ3) is 3.45. The Morgan fingerprint density at radius 1 is 1.19 bits per heavy atom. The summed E-state index contributed by atoms with van der Waals surface area (Å²) in [5.74, 6) is -0.101. The van der Waals surface area contributed by atoms with Crippen molar-refractivity contribution in [3.8, 4) is 28.3 Å². The van der Waals surface area contributed by atoms with Gasteiger partial charge in [0.15, 0.2) is 0 Å². The minimum Gasteiger partial charge on any atom is -0.424 e. The van der Waals surface area contributed by atoms with E-state index in [0.29, 0.717) is 18.8 Å². The molecule has 3 N–H and O–H groups in total. The number of carbonyl (C=O) groups excluding carboxylic acids is 1. The predicted octanol–water partition coefficient (Wildman–Crippen LogP) is 2.48. The molecule has 0 saturated carbocycles. The first kappa shape index (κ1) is 19.3. The summed E-state index contributed by atoms with van der Waals surface area (Å²) in [7, 11) is 0. The molecule has 1 fully saturated rings. The lowest BCUT2D eigenvalue weighted by Crippen LogP contribution is -2.61. The number of hydrogen-bond donors (Lipinski definition) is 3. The van der Waals surface area contributed by atoms with E-state index in [-0.39, 0.29) is 6.61 Å². The van der Waals surface area contributed by atoms with Gasteiger partial charge in [0.05, 0.1) is 35.9 Å². The van der Waals surface area contributed by atoms with Gasteiger partial charge in [0.1, 0.15) is 11.2 Å². The number of benzene rings is 1. The third-order valence-corrected chi connectivity index (χ3v) is 5.62. The van der Waals surface area contributed by atoms with E-state index in [1.807, 2.05) is 43.3 Å². The first-order chi connectivity index (χ1) is 15.1. The average Bonchev–Trinajstić information content (AvgIpc) is 3.23. The first-order valence-corrected chi connectivity index (χ1v) is 9.99. The van der Waals surface area contributed by atoms with Crippen molar-refractivity contribution in [3.63, 3.8) is 0 Å². The molecule has 156 valence electrons. The average molecular weight is 415 g/mol. The van der Waals surface area contributed by atoms with Gasteiger partial charge in [-0.05, 0) is 42.8 Å². The maximum Gasteiger partial charge on any atom is 0.322 e. The molecule has 0 unspecified atom stereocenters. The van der Waals surface area contributed by atoms with Gasteiger partial charge in [-0.2, -0.15) is 5.10 Å². The number of fused-ring (bicyclic) bond motifs is 1. The molecule has 0 amide bonds. The Hall–Kier alpha value is -3.62. The second kappa shape index (κ2) is 7.57. The lowest BCUT2D eigenvalue weighted by Gasteiger charge is -2.38. The van der Waals surface area contributed by atoms with Crippen LogP contribution in [0.2, 0.25) is 0 Å². The highest BCUT2D eigenvalue weighted by Crippen LogP contribution is 2.32. The molecule has 0 spiro atoms. The smallest absolute Gasteiger partial charge is 0.322 e. The highest BCUT2D eigenvalue weighted by Gasteiger charge is 2.45. The second-order valence-electron chi connectivity index (χ2n) is 7.83. The summed E-state index contributed by atoms with van der Waals surface area (Å²) in [5.41, 5.74) is 4.35. The number of aromatic nitrogens is 4. The lowest BCUT2D eigenvalue weighted by atomic mass is 9.83. The van der Waals surface area contributed by atoms with Crippen molar-refractivity contribution >= 4 is 16.9 Å². The van der Waals surface area contributed by atoms with Crippen molar-refractivity contribution in [1.29, 1.82) is 0 Å². The van der Waals surface area contributed by atoms with Gasteiger partial charge in [-0.15, -0.1) is 0 Å². The van der Waals surface area contributed by atoms with Crippen LogP contribution in [0.5, 0.6) is 5.75 Å². The quantitative estimate of drug-likeness (QED) is 0.429. The minimum atomic E-state index is -0.872. The first-order valence-electron chi connectivity index (χ1n) is 9.99. The molecule has 0 radical (unpaired) electrons. The summed E-state index contributed by atoms with van der Waals surface area (Å²) in [6.45, 7) is 2.51. The van der Waals surface area contributed by atoms with Crippen LogP contribution in [0.15, 0.2) is 54.9 Å². The largest absolute Gasteiger partial charge is 0.424 e. The molecular formula is C23H21N5O3. The number of nitrogens with zero attached hydrogens (tertiary/aromatic N) is 3. The SMILES string of the molecule is Cc1cccc(-c2[nH]ncc2-c2ccc3ncc(OC(=O)C4(CO)CNC4)cc3c2)n1. The Kier molecular flexibility index (Phi) is 4.72. The fourth-order valence-corrected chi connectivity index (χ4v) is 3.68. The van der Waals surface area contributed by atoms with Crippen molar-refractivity contribution in [2.75, 3.05) is 19.7 Å². The number of aryl methyl sites for hydroxylation is 1. The Morgan fingerprint density at radius 2 is 2.06 bits per heavy atom. The van der Waals surface area contributed by atoms with Crippen LogP contribution >= 0.6 is 0 Å². The Labute approximate surface area is 178 Å². The molecule has 0 bridgehead atoms. The molecule has 1 aromatic carbocycles. The topological polar surface area (TPSA) is 113 Å². The van der Waals surface area contributed by atoms with Gasteiger partial charge in [0.25, 0.3) is 0 Å². The molecule has 0 aliphatic carbocycles. The summed E-state index contributed by atoms with van der Waals surface area (Å²) >= 11 is 0. The number of carbonyl (C=O) groups is 1. The van der Waals surface area contributed by atoms with Gasteiger partial charge in [-0.1, -0.05) is 12.1 Å². The number of rotatable bonds is 5. The zero-order valence-electron chi connectivity index (χ0n) is 16.9. The number of nitrogens with one attached hydrogen (secondary N) is 2. The number of aliphatic hydroxyl groups excluding tert-OH is 1. The van der Waals surface area contributed by atoms with Gasteiger partial charge >= 0.3 is 5.97 Å². The van der Waals surface area contributed by atoms with Crippen LogP contribution in [0.25, 0.3) is 33.4 Å². The molecular weight excluding hydrogens is 394 g/mol. The van der Waals surface area contributed by atoms with Crippen molar-refractivity contribution in [2.45, 2.75) is 6.92 Å². The van der Waals surface area contributed by atoms with Crippen LogP contribution in [0, 0.1) is 12.3 Å².